The topological polar surface area (TPSA) is 168 Å². The van der Waals surface area contributed by atoms with Gasteiger partial charge in [-0.15, -0.1) is 11.8 Å². The van der Waals surface area contributed by atoms with Crippen molar-refractivity contribution >= 4 is 41.2 Å². The van der Waals surface area contributed by atoms with Crippen LogP contribution >= 0.6 is 11.8 Å². The Morgan fingerprint density at radius 2 is 2.20 bits per heavy atom. The van der Waals surface area contributed by atoms with Crippen molar-refractivity contribution in [1.82, 2.24) is 10.2 Å². The minimum absolute atomic E-state index is 0.0454. The van der Waals surface area contributed by atoms with Crippen LogP contribution in [0.2, 0.25) is 0 Å². The summed E-state index contributed by atoms with van der Waals surface area (Å²) in [5.74, 6) is -3.72. The zero-order valence-corrected chi connectivity index (χ0v) is 16.6. The third-order valence-corrected chi connectivity index (χ3v) is 5.83. The fourth-order valence-electron chi connectivity index (χ4n) is 3.09. The van der Waals surface area contributed by atoms with Gasteiger partial charge < -0.3 is 29.5 Å². The molecular weight excluding hydrogens is 422 g/mol. The summed E-state index contributed by atoms with van der Waals surface area (Å²) >= 11 is 1.12. The minimum atomic E-state index is -1.89. The van der Waals surface area contributed by atoms with Gasteiger partial charge in [0.05, 0.1) is 6.26 Å². The molecule has 2 amide bonds. The van der Waals surface area contributed by atoms with E-state index in [0.717, 1.165) is 16.7 Å². The number of nitrogens with zero attached hydrogens (tertiary/aromatic N) is 2. The molecule has 1 fully saturated rings. The van der Waals surface area contributed by atoms with Gasteiger partial charge in [0.2, 0.25) is 5.71 Å². The number of furan rings is 1. The summed E-state index contributed by atoms with van der Waals surface area (Å²) in [4.78, 5) is 49.3. The number of carbonyl (C=O) groups is 4. The Balaban J connectivity index is 1.88. The third-order valence-electron chi connectivity index (χ3n) is 4.45. The first-order chi connectivity index (χ1) is 14.3. The first kappa shape index (κ1) is 21.4. The zero-order valence-electron chi connectivity index (χ0n) is 15.8. The number of hydrogen-bond donors (Lipinski definition) is 3. The molecule has 2 aliphatic heterocycles. The fraction of sp³-hybridized carbons (Fsp3) is 0.353. The summed E-state index contributed by atoms with van der Waals surface area (Å²) in [6.45, 7) is 0.895. The van der Waals surface area contributed by atoms with Gasteiger partial charge in [-0.1, -0.05) is 5.16 Å². The number of nitrogens with one attached hydrogen (secondary N) is 1. The van der Waals surface area contributed by atoms with Crippen molar-refractivity contribution in [3.63, 3.8) is 0 Å². The molecule has 1 aromatic heterocycles. The number of ether oxygens (including phenoxy) is 2. The van der Waals surface area contributed by atoms with Crippen molar-refractivity contribution in [3.8, 4) is 0 Å². The number of carboxylic acid groups (broad SMARTS) is 1. The van der Waals surface area contributed by atoms with Gasteiger partial charge >= 0.3 is 11.9 Å². The maximum absolute atomic E-state index is 12.9. The lowest BCUT2D eigenvalue weighted by Gasteiger charge is -2.55. The molecule has 0 radical (unpaired) electrons. The van der Waals surface area contributed by atoms with E-state index in [1.807, 2.05) is 0 Å². The Hall–Kier alpha value is -3.32. The Morgan fingerprint density at radius 3 is 2.73 bits per heavy atom. The molecule has 0 bridgehead atoms. The van der Waals surface area contributed by atoms with E-state index in [4.69, 9.17) is 13.9 Å². The van der Waals surface area contributed by atoms with E-state index < -0.39 is 40.6 Å². The molecule has 0 aliphatic carbocycles. The third kappa shape index (κ3) is 3.41. The molecule has 3 rings (SSSR count). The normalized spacial score (nSPS) is 23.5. The second-order valence-corrected chi connectivity index (χ2v) is 7.26. The molecule has 2 aliphatic rings. The van der Waals surface area contributed by atoms with Crippen molar-refractivity contribution in [2.24, 2.45) is 5.16 Å². The molecule has 160 valence electrons. The standard InChI is InChI=1S/C17H17N3O9S/c1-8(21)29-6-9-7-30-16-17(27-2,15(25)20(16)12(9)14(23)24)18-13(22)11(19-26)10-4-3-5-28-10/h3-5,16,26H,6-7H2,1-2H3,(H,18,22)(H,23,24)/t16-,17+/m1/s1. The largest absolute Gasteiger partial charge is 0.477 e. The van der Waals surface area contributed by atoms with E-state index in [1.165, 1.54) is 32.4 Å². The summed E-state index contributed by atoms with van der Waals surface area (Å²) in [7, 11) is 1.18. The highest BCUT2D eigenvalue weighted by Gasteiger charge is 2.67. The van der Waals surface area contributed by atoms with Crippen LogP contribution in [0.1, 0.15) is 12.7 Å². The number of oxime groups is 1. The zero-order chi connectivity index (χ0) is 22.1. The molecule has 2 atom stereocenters. The Morgan fingerprint density at radius 1 is 1.47 bits per heavy atom. The highest BCUT2D eigenvalue weighted by molar-refractivity contribution is 8.00. The summed E-state index contributed by atoms with van der Waals surface area (Å²) in [5.41, 5.74) is -2.49. The molecule has 0 aromatic carbocycles. The number of carbonyl (C=O) groups excluding carboxylic acids is 3. The van der Waals surface area contributed by atoms with Crippen LogP contribution in [0, 0.1) is 0 Å². The molecule has 3 heterocycles. The van der Waals surface area contributed by atoms with E-state index in [1.54, 1.807) is 0 Å². The number of amides is 2. The predicted octanol–water partition coefficient (Wildman–Crippen LogP) is -0.266. The van der Waals surface area contributed by atoms with Crippen LogP contribution in [0.15, 0.2) is 39.2 Å². The van der Waals surface area contributed by atoms with Gasteiger partial charge in [-0.2, -0.15) is 0 Å². The van der Waals surface area contributed by atoms with Gasteiger partial charge in [0, 0.05) is 25.4 Å². The smallest absolute Gasteiger partial charge is 0.352 e. The van der Waals surface area contributed by atoms with Gasteiger partial charge in [-0.05, 0) is 12.1 Å². The van der Waals surface area contributed by atoms with Crippen molar-refractivity contribution in [2.75, 3.05) is 19.5 Å². The SMILES string of the molecule is CO[C@@]1(NC(=O)C(=NO)c2ccco2)C(=O)N2C(C(=O)O)=C(COC(C)=O)CS[C@@H]21. The van der Waals surface area contributed by atoms with E-state index >= 15 is 0 Å². The van der Waals surface area contributed by atoms with Crippen molar-refractivity contribution in [3.05, 3.63) is 35.4 Å². The minimum Gasteiger partial charge on any atom is -0.477 e. The first-order valence-corrected chi connectivity index (χ1v) is 9.49. The van der Waals surface area contributed by atoms with Gasteiger partial charge in [0.1, 0.15) is 17.7 Å². The monoisotopic (exact) mass is 439 g/mol. The van der Waals surface area contributed by atoms with Crippen LogP contribution in [0.25, 0.3) is 0 Å². The number of hydrogen-bond acceptors (Lipinski definition) is 10. The number of rotatable bonds is 7. The van der Waals surface area contributed by atoms with Crippen molar-refractivity contribution in [2.45, 2.75) is 18.0 Å². The first-order valence-electron chi connectivity index (χ1n) is 8.44. The average Bonchev–Trinajstić information content (AvgIpc) is 3.24. The quantitative estimate of drug-likeness (QED) is 0.128. The fourth-order valence-corrected chi connectivity index (χ4v) is 4.51. The molecular formula is C17H17N3O9S. The van der Waals surface area contributed by atoms with Crippen LogP contribution in [0.3, 0.4) is 0 Å². The van der Waals surface area contributed by atoms with E-state index in [9.17, 15) is 29.5 Å². The van der Waals surface area contributed by atoms with Crippen LogP contribution in [-0.2, 0) is 28.7 Å². The van der Waals surface area contributed by atoms with Gasteiger partial charge in [-0.25, -0.2) is 4.79 Å². The lowest BCUT2D eigenvalue weighted by molar-refractivity contribution is -0.191. The number of aliphatic carboxylic acids is 1. The molecule has 1 aromatic rings. The van der Waals surface area contributed by atoms with Gasteiger partial charge in [0.25, 0.3) is 17.5 Å². The lowest BCUT2D eigenvalue weighted by Crippen LogP contribution is -2.81. The number of esters is 1. The number of fused-ring (bicyclic) bond motifs is 1. The van der Waals surface area contributed by atoms with E-state index in [0.29, 0.717) is 0 Å². The molecule has 13 heteroatoms. The molecule has 12 nitrogen and oxygen atoms in total. The number of carboxylic acids is 1. The number of β-lactam (4-membered cyclic amide) rings is 1. The molecule has 0 saturated carbocycles. The Labute approximate surface area is 173 Å². The molecule has 3 N–H and O–H groups in total. The second kappa shape index (κ2) is 8.20. The van der Waals surface area contributed by atoms with Crippen LogP contribution < -0.4 is 5.32 Å². The molecule has 0 unspecified atom stereocenters. The lowest BCUT2D eigenvalue weighted by atomic mass is 9.97. The van der Waals surface area contributed by atoms with Crippen molar-refractivity contribution in [1.29, 1.82) is 0 Å². The van der Waals surface area contributed by atoms with Gasteiger partial charge in [-0.3, -0.25) is 19.3 Å². The Kier molecular flexibility index (Phi) is 5.85. The highest BCUT2D eigenvalue weighted by atomic mass is 32.2. The maximum Gasteiger partial charge on any atom is 0.352 e. The second-order valence-electron chi connectivity index (χ2n) is 6.20. The maximum atomic E-state index is 12.9. The van der Waals surface area contributed by atoms with E-state index in [2.05, 4.69) is 10.5 Å². The van der Waals surface area contributed by atoms with Crippen LogP contribution in [0.4, 0.5) is 0 Å². The predicted molar refractivity (Wildman–Crippen MR) is 99.3 cm³/mol. The number of thioether (sulfide) groups is 1. The summed E-state index contributed by atoms with van der Waals surface area (Å²) in [6.07, 6.45) is 1.27. The van der Waals surface area contributed by atoms with E-state index in [-0.39, 0.29) is 29.4 Å². The average molecular weight is 439 g/mol. The van der Waals surface area contributed by atoms with Crippen LogP contribution in [-0.4, -0.2) is 75.2 Å². The summed E-state index contributed by atoms with van der Waals surface area (Å²) in [6, 6.07) is 2.85. The summed E-state index contributed by atoms with van der Waals surface area (Å²) < 4.78 is 15.2. The highest BCUT2D eigenvalue weighted by Crippen LogP contribution is 2.46. The summed E-state index contributed by atoms with van der Waals surface area (Å²) in [5, 5.41) is 23.1. The molecule has 30 heavy (non-hydrogen) atoms. The van der Waals surface area contributed by atoms with Crippen LogP contribution in [0.5, 0.6) is 0 Å². The molecule has 0 spiro atoms. The van der Waals surface area contributed by atoms with Gasteiger partial charge in [0.15, 0.2) is 5.76 Å². The Bertz CT molecular complexity index is 956. The van der Waals surface area contributed by atoms with Crippen molar-refractivity contribution < 1.29 is 43.4 Å². The molecule has 1 saturated heterocycles. The number of methoxy groups -OCH3 is 1.